The summed E-state index contributed by atoms with van der Waals surface area (Å²) < 4.78 is 5.89. The SMILES string of the molecule is CC1(C)Cc2cc(-c3ccc(OCC4CC4)cc3Cl)ccc2[C@@H]1N(C(=O)[O-])[C@@H]1CN2CCC1CC2. The highest BCUT2D eigenvalue weighted by molar-refractivity contribution is 6.33. The van der Waals surface area contributed by atoms with Gasteiger partial charge >= 0.3 is 0 Å². The molecule has 6 heteroatoms. The highest BCUT2D eigenvalue weighted by atomic mass is 35.5. The summed E-state index contributed by atoms with van der Waals surface area (Å²) in [6, 6.07) is 12.2. The number of benzene rings is 2. The monoisotopic (exact) mass is 493 g/mol. The Morgan fingerprint density at radius 3 is 2.54 bits per heavy atom. The van der Waals surface area contributed by atoms with Crippen LogP contribution in [0.1, 0.15) is 56.7 Å². The third kappa shape index (κ3) is 4.31. The lowest BCUT2D eigenvalue weighted by atomic mass is 9.79. The van der Waals surface area contributed by atoms with Gasteiger partial charge in [-0.1, -0.05) is 43.6 Å². The summed E-state index contributed by atoms with van der Waals surface area (Å²) in [6.07, 6.45) is 4.45. The van der Waals surface area contributed by atoms with Crippen LogP contribution in [0.2, 0.25) is 5.02 Å². The Kier molecular flexibility index (Phi) is 5.76. The van der Waals surface area contributed by atoms with Crippen molar-refractivity contribution in [2.24, 2.45) is 17.3 Å². The Morgan fingerprint density at radius 1 is 1.14 bits per heavy atom. The lowest BCUT2D eigenvalue weighted by Gasteiger charge is -2.53. The fraction of sp³-hybridized carbons (Fsp3) is 0.552. The van der Waals surface area contributed by atoms with E-state index in [0.717, 1.165) is 67.9 Å². The van der Waals surface area contributed by atoms with E-state index in [0.29, 0.717) is 16.9 Å². The Labute approximate surface area is 213 Å². The second-order valence-electron chi connectivity index (χ2n) is 11.8. The summed E-state index contributed by atoms with van der Waals surface area (Å²) in [4.78, 5) is 16.7. The molecule has 2 atom stereocenters. The number of fused-ring (bicyclic) bond motifs is 4. The summed E-state index contributed by atoms with van der Waals surface area (Å²) in [7, 11) is 0. The van der Waals surface area contributed by atoms with Crippen LogP contribution in [-0.4, -0.2) is 48.2 Å². The minimum absolute atomic E-state index is 0.00929. The van der Waals surface area contributed by atoms with Gasteiger partial charge in [-0.15, -0.1) is 0 Å². The molecule has 2 aromatic rings. The molecule has 2 bridgehead atoms. The minimum Gasteiger partial charge on any atom is -0.530 e. The Bertz CT molecular complexity index is 1140. The number of ether oxygens (including phenoxy) is 1. The zero-order valence-electron chi connectivity index (χ0n) is 20.6. The van der Waals surface area contributed by atoms with E-state index in [1.807, 2.05) is 18.2 Å². The van der Waals surface area contributed by atoms with Crippen LogP contribution >= 0.6 is 11.6 Å². The molecule has 1 saturated carbocycles. The predicted octanol–water partition coefficient (Wildman–Crippen LogP) is 5.16. The van der Waals surface area contributed by atoms with Gasteiger partial charge in [0, 0.05) is 18.2 Å². The van der Waals surface area contributed by atoms with Gasteiger partial charge in [0.05, 0.1) is 17.7 Å². The highest BCUT2D eigenvalue weighted by Gasteiger charge is 2.48. The Morgan fingerprint density at radius 2 is 1.91 bits per heavy atom. The number of hydrogen-bond donors (Lipinski definition) is 0. The number of hydrogen-bond acceptors (Lipinski definition) is 4. The van der Waals surface area contributed by atoms with Gasteiger partial charge in [-0.25, -0.2) is 0 Å². The Balaban J connectivity index is 1.30. The number of carbonyl (C=O) groups is 1. The van der Waals surface area contributed by atoms with E-state index in [1.165, 1.54) is 18.4 Å². The van der Waals surface area contributed by atoms with E-state index in [9.17, 15) is 9.90 Å². The maximum absolute atomic E-state index is 12.6. The van der Waals surface area contributed by atoms with E-state index in [1.54, 1.807) is 4.90 Å². The number of nitrogens with zero attached hydrogens (tertiary/aromatic N) is 2. The van der Waals surface area contributed by atoms with Gasteiger partial charge in [0.25, 0.3) is 0 Å². The fourth-order valence-electron chi connectivity index (χ4n) is 6.73. The van der Waals surface area contributed by atoms with E-state index >= 15 is 0 Å². The Hall–Kier alpha value is -2.24. The highest BCUT2D eigenvalue weighted by Crippen LogP contribution is 2.51. The molecule has 1 amide bonds. The van der Waals surface area contributed by atoms with Crippen LogP contribution in [0.3, 0.4) is 0 Å². The summed E-state index contributed by atoms with van der Waals surface area (Å²) in [5.74, 6) is 1.94. The zero-order valence-corrected chi connectivity index (χ0v) is 21.4. The molecule has 0 unspecified atom stereocenters. The number of piperidine rings is 3. The smallest absolute Gasteiger partial charge is 0.137 e. The summed E-state index contributed by atoms with van der Waals surface area (Å²) in [6.45, 7) is 8.13. The molecule has 2 aromatic carbocycles. The number of halogens is 1. The molecule has 4 fully saturated rings. The molecular weight excluding hydrogens is 460 g/mol. The van der Waals surface area contributed by atoms with Gasteiger partial charge in [-0.05, 0) is 97.3 Å². The summed E-state index contributed by atoms with van der Waals surface area (Å²) in [5, 5.41) is 13.3. The average molecular weight is 494 g/mol. The first-order valence-electron chi connectivity index (χ1n) is 13.1. The van der Waals surface area contributed by atoms with E-state index in [-0.39, 0.29) is 17.5 Å². The van der Waals surface area contributed by atoms with Crippen LogP contribution in [0, 0.1) is 17.3 Å². The second kappa shape index (κ2) is 8.70. The van der Waals surface area contributed by atoms with Crippen molar-refractivity contribution in [1.29, 1.82) is 0 Å². The van der Waals surface area contributed by atoms with Gasteiger partial charge in [-0.2, -0.15) is 0 Å². The van der Waals surface area contributed by atoms with Crippen molar-refractivity contribution in [3.63, 3.8) is 0 Å². The molecule has 186 valence electrons. The molecular formula is C29H34ClN2O3-. The summed E-state index contributed by atoms with van der Waals surface area (Å²) in [5.41, 5.74) is 4.14. The van der Waals surface area contributed by atoms with Crippen LogP contribution in [0.4, 0.5) is 4.79 Å². The van der Waals surface area contributed by atoms with Gasteiger partial charge in [0.2, 0.25) is 0 Å². The molecule has 0 aromatic heterocycles. The van der Waals surface area contributed by atoms with Crippen molar-refractivity contribution < 1.29 is 14.6 Å². The molecule has 5 aliphatic rings. The molecule has 2 aliphatic carbocycles. The van der Waals surface area contributed by atoms with Crippen molar-refractivity contribution in [3.05, 3.63) is 52.5 Å². The van der Waals surface area contributed by atoms with Gasteiger partial charge in [0.15, 0.2) is 0 Å². The van der Waals surface area contributed by atoms with Crippen LogP contribution in [0.5, 0.6) is 5.75 Å². The molecule has 3 saturated heterocycles. The maximum Gasteiger partial charge on any atom is 0.137 e. The van der Waals surface area contributed by atoms with Gasteiger partial charge in [-0.3, -0.25) is 0 Å². The average Bonchev–Trinajstić information content (AvgIpc) is 3.62. The van der Waals surface area contributed by atoms with Gasteiger partial charge < -0.3 is 24.4 Å². The second-order valence-corrected chi connectivity index (χ2v) is 12.2. The minimum atomic E-state index is -1.04. The third-order valence-corrected chi connectivity index (χ3v) is 9.04. The van der Waals surface area contributed by atoms with Crippen molar-refractivity contribution in [3.8, 4) is 16.9 Å². The van der Waals surface area contributed by atoms with Crippen molar-refractivity contribution in [2.45, 2.75) is 58.0 Å². The molecule has 3 aliphatic heterocycles. The van der Waals surface area contributed by atoms with Gasteiger partial charge in [0.1, 0.15) is 11.8 Å². The normalized spacial score (nSPS) is 28.5. The number of carbonyl (C=O) groups excluding carboxylic acids is 1. The van der Waals surface area contributed by atoms with E-state index in [2.05, 4.69) is 36.9 Å². The van der Waals surface area contributed by atoms with E-state index < -0.39 is 6.09 Å². The third-order valence-electron chi connectivity index (χ3n) is 8.73. The molecule has 0 N–H and O–H groups in total. The first kappa shape index (κ1) is 23.2. The standard InChI is InChI=1S/C29H35ClN2O3/c1-29(2)15-21-13-20(23-8-6-22(14-25(23)30)35-17-18-3-4-18)5-7-24(21)27(29)32(28(33)34)26-16-31-11-9-19(26)10-12-31/h5-8,13-14,18-19,26-27H,3-4,9-12,15-17H2,1-2H3,(H,33,34)/p-1/t26-,27+/m1/s1. The largest absolute Gasteiger partial charge is 0.530 e. The van der Waals surface area contributed by atoms with Crippen molar-refractivity contribution >= 4 is 17.7 Å². The maximum atomic E-state index is 12.6. The number of rotatable bonds is 6. The van der Waals surface area contributed by atoms with Crippen LogP contribution in [0.15, 0.2) is 36.4 Å². The number of carboxylic acid groups (broad SMARTS) is 1. The topological polar surface area (TPSA) is 55.8 Å². The predicted molar refractivity (Wildman–Crippen MR) is 136 cm³/mol. The zero-order chi connectivity index (χ0) is 24.3. The lowest BCUT2D eigenvalue weighted by molar-refractivity contribution is -0.276. The lowest BCUT2D eigenvalue weighted by Crippen LogP contribution is -2.62. The number of amides is 1. The molecule has 0 radical (unpaired) electrons. The molecule has 7 rings (SSSR count). The van der Waals surface area contributed by atoms with Crippen LogP contribution in [0.25, 0.3) is 11.1 Å². The van der Waals surface area contributed by atoms with Crippen molar-refractivity contribution in [2.75, 3.05) is 26.2 Å². The molecule has 35 heavy (non-hydrogen) atoms. The molecule has 3 heterocycles. The summed E-state index contributed by atoms with van der Waals surface area (Å²) >= 11 is 6.68. The van der Waals surface area contributed by atoms with Crippen LogP contribution < -0.4 is 9.84 Å². The first-order valence-corrected chi connectivity index (χ1v) is 13.5. The van der Waals surface area contributed by atoms with Crippen molar-refractivity contribution in [1.82, 2.24) is 9.80 Å². The molecule has 0 spiro atoms. The van der Waals surface area contributed by atoms with E-state index in [4.69, 9.17) is 16.3 Å². The quantitative estimate of drug-likeness (QED) is 0.557. The molecule has 5 nitrogen and oxygen atoms in total. The fourth-order valence-corrected chi connectivity index (χ4v) is 7.01. The van der Waals surface area contributed by atoms with Crippen LogP contribution in [-0.2, 0) is 6.42 Å². The first-order chi connectivity index (χ1) is 16.8.